The molecular weight excluding hydrogens is 265 g/mol. The Bertz CT molecular complexity index is 402. The van der Waals surface area contributed by atoms with E-state index in [2.05, 4.69) is 24.1 Å². The van der Waals surface area contributed by atoms with Gasteiger partial charge in [-0.2, -0.15) is 13.2 Å². The molecule has 0 fully saturated rings. The van der Waals surface area contributed by atoms with E-state index in [1.807, 2.05) is 6.92 Å². The van der Waals surface area contributed by atoms with Crippen molar-refractivity contribution >= 4 is 0 Å². The molecule has 1 N–H and O–H groups in total. The zero-order valence-electron chi connectivity index (χ0n) is 12.3. The van der Waals surface area contributed by atoms with Gasteiger partial charge in [0, 0.05) is 18.7 Å². The Kier molecular flexibility index (Phi) is 6.46. The molecule has 20 heavy (non-hydrogen) atoms. The van der Waals surface area contributed by atoms with Crippen molar-refractivity contribution in [1.29, 1.82) is 0 Å². The van der Waals surface area contributed by atoms with Crippen LogP contribution in [0.5, 0.6) is 0 Å². The lowest BCUT2D eigenvalue weighted by molar-refractivity contribution is -0.138. The number of rotatable bonds is 7. The molecule has 1 heterocycles. The van der Waals surface area contributed by atoms with Crippen LogP contribution in [0.1, 0.15) is 44.9 Å². The topological polar surface area (TPSA) is 24.9 Å². The molecule has 0 amide bonds. The molecule has 0 aliphatic heterocycles. The van der Waals surface area contributed by atoms with Gasteiger partial charge in [0.1, 0.15) is 0 Å². The first-order valence-corrected chi connectivity index (χ1v) is 7.09. The van der Waals surface area contributed by atoms with Gasteiger partial charge in [-0.1, -0.05) is 20.8 Å². The number of alkyl halides is 3. The molecule has 1 unspecified atom stereocenters. The van der Waals surface area contributed by atoms with Gasteiger partial charge in [0.2, 0.25) is 0 Å². The SMILES string of the molecule is CCCNC(Cc1ncccc1C(F)(F)F)CC(C)C. The molecule has 1 aromatic heterocycles. The Morgan fingerprint density at radius 1 is 1.30 bits per heavy atom. The van der Waals surface area contributed by atoms with Gasteiger partial charge >= 0.3 is 6.18 Å². The second-order valence-corrected chi connectivity index (χ2v) is 5.48. The summed E-state index contributed by atoms with van der Waals surface area (Å²) < 4.78 is 38.9. The highest BCUT2D eigenvalue weighted by Crippen LogP contribution is 2.31. The summed E-state index contributed by atoms with van der Waals surface area (Å²) in [4.78, 5) is 3.94. The molecule has 0 bridgehead atoms. The van der Waals surface area contributed by atoms with Crippen molar-refractivity contribution in [2.24, 2.45) is 5.92 Å². The number of pyridine rings is 1. The number of aromatic nitrogens is 1. The maximum absolute atomic E-state index is 13.0. The van der Waals surface area contributed by atoms with Crippen LogP contribution in [0.25, 0.3) is 0 Å². The van der Waals surface area contributed by atoms with E-state index >= 15 is 0 Å². The van der Waals surface area contributed by atoms with E-state index in [0.717, 1.165) is 25.5 Å². The monoisotopic (exact) mass is 288 g/mol. The van der Waals surface area contributed by atoms with Crippen LogP contribution in [0.3, 0.4) is 0 Å². The van der Waals surface area contributed by atoms with Gasteiger partial charge in [-0.25, -0.2) is 0 Å². The van der Waals surface area contributed by atoms with Crippen molar-refractivity contribution in [2.75, 3.05) is 6.54 Å². The highest BCUT2D eigenvalue weighted by molar-refractivity contribution is 5.23. The summed E-state index contributed by atoms with van der Waals surface area (Å²) >= 11 is 0. The largest absolute Gasteiger partial charge is 0.418 e. The summed E-state index contributed by atoms with van der Waals surface area (Å²) in [6.45, 7) is 7.00. The van der Waals surface area contributed by atoms with Crippen molar-refractivity contribution < 1.29 is 13.2 Å². The minimum atomic E-state index is -4.34. The number of hydrogen-bond acceptors (Lipinski definition) is 2. The molecule has 0 saturated carbocycles. The summed E-state index contributed by atoms with van der Waals surface area (Å²) in [6.07, 6.45) is -0.793. The minimum absolute atomic E-state index is 0.0333. The van der Waals surface area contributed by atoms with Crippen molar-refractivity contribution in [3.05, 3.63) is 29.6 Å². The van der Waals surface area contributed by atoms with Crippen molar-refractivity contribution in [1.82, 2.24) is 10.3 Å². The highest BCUT2D eigenvalue weighted by atomic mass is 19.4. The molecule has 0 saturated heterocycles. The Balaban J connectivity index is 2.87. The van der Waals surface area contributed by atoms with Gasteiger partial charge in [-0.05, 0) is 37.4 Å². The Morgan fingerprint density at radius 3 is 2.55 bits per heavy atom. The van der Waals surface area contributed by atoms with Crippen molar-refractivity contribution in [3.8, 4) is 0 Å². The maximum atomic E-state index is 13.0. The predicted octanol–water partition coefficient (Wildman–Crippen LogP) is 4.06. The van der Waals surface area contributed by atoms with Crippen LogP contribution < -0.4 is 5.32 Å². The minimum Gasteiger partial charge on any atom is -0.314 e. The number of nitrogens with zero attached hydrogens (tertiary/aromatic N) is 1. The third-order valence-electron chi connectivity index (χ3n) is 3.07. The number of nitrogens with one attached hydrogen (secondary N) is 1. The summed E-state index contributed by atoms with van der Waals surface area (Å²) in [7, 11) is 0. The lowest BCUT2D eigenvalue weighted by Gasteiger charge is -2.21. The fourth-order valence-electron chi connectivity index (χ4n) is 2.25. The summed E-state index contributed by atoms with van der Waals surface area (Å²) in [5, 5.41) is 3.32. The quantitative estimate of drug-likeness (QED) is 0.818. The second-order valence-electron chi connectivity index (χ2n) is 5.48. The Hall–Kier alpha value is -1.10. The molecular formula is C15H23F3N2. The molecule has 1 rings (SSSR count). The lowest BCUT2D eigenvalue weighted by Crippen LogP contribution is -2.34. The van der Waals surface area contributed by atoms with Gasteiger partial charge in [-0.3, -0.25) is 4.98 Å². The van der Waals surface area contributed by atoms with Crippen LogP contribution >= 0.6 is 0 Å². The van der Waals surface area contributed by atoms with Gasteiger partial charge < -0.3 is 5.32 Å². The Labute approximate surface area is 118 Å². The predicted molar refractivity (Wildman–Crippen MR) is 74.5 cm³/mol. The first-order chi connectivity index (χ1) is 9.34. The average molecular weight is 288 g/mol. The average Bonchev–Trinajstić information content (AvgIpc) is 2.34. The van der Waals surface area contributed by atoms with Gasteiger partial charge in [0.05, 0.1) is 11.3 Å². The molecule has 0 aliphatic rings. The maximum Gasteiger partial charge on any atom is 0.418 e. The van der Waals surface area contributed by atoms with Crippen LogP contribution in [-0.4, -0.2) is 17.6 Å². The molecule has 2 nitrogen and oxygen atoms in total. The summed E-state index contributed by atoms with van der Waals surface area (Å²) in [5.74, 6) is 0.433. The molecule has 1 aromatic rings. The van der Waals surface area contributed by atoms with Crippen LogP contribution in [0.15, 0.2) is 18.3 Å². The molecule has 114 valence electrons. The summed E-state index contributed by atoms with van der Waals surface area (Å²) in [6, 6.07) is 2.48. The van der Waals surface area contributed by atoms with Crippen LogP contribution in [-0.2, 0) is 12.6 Å². The lowest BCUT2D eigenvalue weighted by atomic mass is 9.97. The Morgan fingerprint density at radius 2 is 2.00 bits per heavy atom. The zero-order chi connectivity index (χ0) is 15.2. The fraction of sp³-hybridized carbons (Fsp3) is 0.667. The second kappa shape index (κ2) is 7.62. The zero-order valence-corrected chi connectivity index (χ0v) is 12.3. The molecule has 0 aliphatic carbocycles. The molecule has 0 aromatic carbocycles. The summed E-state index contributed by atoms with van der Waals surface area (Å²) in [5.41, 5.74) is -0.485. The van der Waals surface area contributed by atoms with Gasteiger partial charge in [0.15, 0.2) is 0 Å². The van der Waals surface area contributed by atoms with Crippen LogP contribution in [0.4, 0.5) is 13.2 Å². The van der Waals surface area contributed by atoms with E-state index in [9.17, 15) is 13.2 Å². The van der Waals surface area contributed by atoms with Crippen LogP contribution in [0, 0.1) is 5.92 Å². The van der Waals surface area contributed by atoms with E-state index in [0.29, 0.717) is 12.3 Å². The van der Waals surface area contributed by atoms with Crippen LogP contribution in [0.2, 0.25) is 0 Å². The van der Waals surface area contributed by atoms with E-state index in [1.165, 1.54) is 12.3 Å². The molecule has 5 heteroatoms. The van der Waals surface area contributed by atoms with E-state index in [-0.39, 0.29) is 11.7 Å². The highest BCUT2D eigenvalue weighted by Gasteiger charge is 2.34. The smallest absolute Gasteiger partial charge is 0.314 e. The fourth-order valence-corrected chi connectivity index (χ4v) is 2.25. The van der Waals surface area contributed by atoms with E-state index in [4.69, 9.17) is 0 Å². The molecule has 0 spiro atoms. The van der Waals surface area contributed by atoms with Crippen molar-refractivity contribution in [2.45, 2.75) is 52.3 Å². The number of halogens is 3. The normalized spacial score (nSPS) is 13.8. The van der Waals surface area contributed by atoms with Crippen molar-refractivity contribution in [3.63, 3.8) is 0 Å². The van der Waals surface area contributed by atoms with Gasteiger partial charge in [-0.15, -0.1) is 0 Å². The first kappa shape index (κ1) is 17.0. The molecule has 0 radical (unpaired) electrons. The third kappa shape index (κ3) is 5.49. The third-order valence-corrected chi connectivity index (χ3v) is 3.07. The van der Waals surface area contributed by atoms with E-state index in [1.54, 1.807) is 0 Å². The van der Waals surface area contributed by atoms with Gasteiger partial charge in [0.25, 0.3) is 0 Å². The van der Waals surface area contributed by atoms with E-state index < -0.39 is 11.7 Å². The number of hydrogen-bond donors (Lipinski definition) is 1. The standard InChI is InChI=1S/C15H23F3N2/c1-4-7-19-12(9-11(2)3)10-14-13(15(16,17)18)6-5-8-20-14/h5-6,8,11-12,19H,4,7,9-10H2,1-3H3. The first-order valence-electron chi connectivity index (χ1n) is 7.09. The molecule has 1 atom stereocenters.